The van der Waals surface area contributed by atoms with E-state index in [-0.39, 0.29) is 5.91 Å². The zero-order valence-electron chi connectivity index (χ0n) is 18.4. The number of carbonyl (C=O) groups is 1. The van der Waals surface area contributed by atoms with Crippen LogP contribution in [0.4, 0.5) is 5.69 Å². The lowest BCUT2D eigenvalue weighted by Gasteiger charge is -2.12. The number of carbonyl (C=O) groups excluding carboxylic acids is 1. The number of amidine groups is 1. The van der Waals surface area contributed by atoms with Crippen molar-refractivity contribution in [3.05, 3.63) is 68.5 Å². The predicted octanol–water partition coefficient (Wildman–Crippen LogP) is 7.29. The molecule has 5 nitrogen and oxygen atoms in total. The van der Waals surface area contributed by atoms with Gasteiger partial charge < -0.3 is 9.47 Å². The molecule has 1 saturated heterocycles. The number of amides is 1. The summed E-state index contributed by atoms with van der Waals surface area (Å²) in [7, 11) is 1.72. The van der Waals surface area contributed by atoms with Crippen LogP contribution in [0.15, 0.2) is 62.9 Å². The van der Waals surface area contributed by atoms with E-state index in [4.69, 9.17) is 21.1 Å². The molecule has 0 saturated carbocycles. The SMILES string of the molecule is CCOc1ccc2ccc(OCC)c(/C=C3/SC(=Nc4ccc(Br)c(Cl)c4)N(C)C3=O)c2c1. The number of halogens is 2. The molecule has 1 aliphatic heterocycles. The molecule has 170 valence electrons. The molecule has 1 aliphatic rings. The average molecular weight is 546 g/mol. The number of nitrogens with zero attached hydrogens (tertiary/aromatic N) is 2. The van der Waals surface area contributed by atoms with Crippen molar-refractivity contribution in [3.8, 4) is 11.5 Å². The lowest BCUT2D eigenvalue weighted by atomic mass is 10.0. The third kappa shape index (κ3) is 5.05. The third-order valence-corrected chi connectivity index (χ3v) is 7.31. The fraction of sp³-hybridized carbons (Fsp3) is 0.200. The molecule has 0 atom stereocenters. The van der Waals surface area contributed by atoms with Crippen LogP contribution < -0.4 is 9.47 Å². The largest absolute Gasteiger partial charge is 0.494 e. The van der Waals surface area contributed by atoms with Crippen molar-refractivity contribution in [1.82, 2.24) is 4.90 Å². The number of fused-ring (bicyclic) bond motifs is 1. The molecule has 0 aliphatic carbocycles. The molecule has 0 aromatic heterocycles. The van der Waals surface area contributed by atoms with Crippen molar-refractivity contribution >= 4 is 72.9 Å². The Hall–Kier alpha value is -2.48. The highest BCUT2D eigenvalue weighted by molar-refractivity contribution is 9.10. The van der Waals surface area contributed by atoms with Crippen LogP contribution in [0.3, 0.4) is 0 Å². The van der Waals surface area contributed by atoms with Crippen LogP contribution in [0, 0.1) is 0 Å². The number of aliphatic imine (C=N–C) groups is 1. The van der Waals surface area contributed by atoms with Gasteiger partial charge in [0.2, 0.25) is 0 Å². The molecule has 8 heteroatoms. The second-order valence-corrected chi connectivity index (χ2v) is 9.46. The van der Waals surface area contributed by atoms with Gasteiger partial charge in [0.15, 0.2) is 5.17 Å². The van der Waals surface area contributed by atoms with Crippen molar-refractivity contribution in [1.29, 1.82) is 0 Å². The Labute approximate surface area is 210 Å². The molecule has 33 heavy (non-hydrogen) atoms. The summed E-state index contributed by atoms with van der Waals surface area (Å²) < 4.78 is 12.4. The van der Waals surface area contributed by atoms with Gasteiger partial charge in [-0.15, -0.1) is 0 Å². The van der Waals surface area contributed by atoms with E-state index in [9.17, 15) is 4.79 Å². The van der Waals surface area contributed by atoms with Crippen molar-refractivity contribution < 1.29 is 14.3 Å². The smallest absolute Gasteiger partial charge is 0.266 e. The molecule has 0 unspecified atom stereocenters. The molecule has 1 amide bonds. The first-order chi connectivity index (χ1) is 15.9. The quantitative estimate of drug-likeness (QED) is 0.305. The number of benzene rings is 3. The summed E-state index contributed by atoms with van der Waals surface area (Å²) in [5.74, 6) is 1.37. The highest BCUT2D eigenvalue weighted by Crippen LogP contribution is 2.38. The molecule has 3 aromatic carbocycles. The van der Waals surface area contributed by atoms with Crippen LogP contribution in [0.1, 0.15) is 19.4 Å². The van der Waals surface area contributed by atoms with E-state index >= 15 is 0 Å². The van der Waals surface area contributed by atoms with Gasteiger partial charge in [0.25, 0.3) is 5.91 Å². The normalized spacial score (nSPS) is 16.3. The minimum absolute atomic E-state index is 0.123. The van der Waals surface area contributed by atoms with Crippen molar-refractivity contribution in [2.24, 2.45) is 4.99 Å². The maximum atomic E-state index is 13.1. The third-order valence-electron chi connectivity index (χ3n) is 5.01. The summed E-state index contributed by atoms with van der Waals surface area (Å²) in [5, 5.41) is 3.14. The van der Waals surface area contributed by atoms with Gasteiger partial charge in [-0.05, 0) is 94.8 Å². The van der Waals surface area contributed by atoms with Gasteiger partial charge in [-0.25, -0.2) is 4.99 Å². The van der Waals surface area contributed by atoms with Crippen LogP contribution >= 0.6 is 39.3 Å². The zero-order chi connectivity index (χ0) is 23.5. The van der Waals surface area contributed by atoms with Crippen LogP contribution in [-0.2, 0) is 4.79 Å². The Bertz CT molecular complexity index is 1290. The number of rotatable bonds is 6. The molecule has 1 fully saturated rings. The molecule has 1 heterocycles. The summed E-state index contributed by atoms with van der Waals surface area (Å²) in [5.41, 5.74) is 1.52. The monoisotopic (exact) mass is 544 g/mol. The molecular weight excluding hydrogens is 524 g/mol. The lowest BCUT2D eigenvalue weighted by molar-refractivity contribution is -0.121. The Kier molecular flexibility index (Phi) is 7.32. The van der Waals surface area contributed by atoms with Crippen molar-refractivity contribution in [2.75, 3.05) is 20.3 Å². The first-order valence-corrected chi connectivity index (χ1v) is 12.4. The number of hydrogen-bond acceptors (Lipinski definition) is 5. The Morgan fingerprint density at radius 3 is 2.58 bits per heavy atom. The Morgan fingerprint density at radius 1 is 1.09 bits per heavy atom. The first-order valence-electron chi connectivity index (χ1n) is 10.4. The Balaban J connectivity index is 1.78. The standard InChI is InChI=1S/C25H22BrClN2O3S/c1-4-31-17-9-6-15-7-11-22(32-5-2)19(18(15)13-17)14-23-24(30)29(3)25(33-23)28-16-8-10-20(26)21(27)12-16/h6-14H,4-5H2,1-3H3/b23-14+,28-25?. The summed E-state index contributed by atoms with van der Waals surface area (Å²) >= 11 is 10.9. The number of ether oxygens (including phenoxy) is 2. The van der Waals surface area contributed by atoms with E-state index in [0.717, 1.165) is 26.6 Å². The molecule has 4 rings (SSSR count). The average Bonchev–Trinajstić information content (AvgIpc) is 3.06. The van der Waals surface area contributed by atoms with E-state index in [0.29, 0.717) is 39.7 Å². The van der Waals surface area contributed by atoms with Gasteiger partial charge in [0.05, 0.1) is 28.8 Å². The van der Waals surface area contributed by atoms with E-state index < -0.39 is 0 Å². The summed E-state index contributed by atoms with van der Waals surface area (Å²) in [6, 6.07) is 15.3. The number of likely N-dealkylation sites (N-methyl/N-ethyl adjacent to an activating group) is 1. The zero-order valence-corrected chi connectivity index (χ0v) is 21.6. The van der Waals surface area contributed by atoms with Gasteiger partial charge in [0, 0.05) is 17.1 Å². The van der Waals surface area contributed by atoms with E-state index in [1.54, 1.807) is 18.0 Å². The van der Waals surface area contributed by atoms with Crippen LogP contribution in [-0.4, -0.2) is 36.2 Å². The molecule has 0 bridgehead atoms. The second kappa shape index (κ2) is 10.2. The first kappa shape index (κ1) is 23.7. The molecule has 0 spiro atoms. The van der Waals surface area contributed by atoms with Gasteiger partial charge >= 0.3 is 0 Å². The maximum Gasteiger partial charge on any atom is 0.266 e. The lowest BCUT2D eigenvalue weighted by Crippen LogP contribution is -2.23. The topological polar surface area (TPSA) is 51.1 Å². The molecule has 0 N–H and O–H groups in total. The summed E-state index contributed by atoms with van der Waals surface area (Å²) in [4.78, 5) is 19.8. The van der Waals surface area contributed by atoms with Gasteiger partial charge in [0.1, 0.15) is 11.5 Å². The van der Waals surface area contributed by atoms with Crippen LogP contribution in [0.25, 0.3) is 16.8 Å². The van der Waals surface area contributed by atoms with Crippen LogP contribution in [0.5, 0.6) is 11.5 Å². The fourth-order valence-corrected chi connectivity index (χ4v) is 4.83. The van der Waals surface area contributed by atoms with Crippen molar-refractivity contribution in [2.45, 2.75) is 13.8 Å². The van der Waals surface area contributed by atoms with E-state index in [2.05, 4.69) is 20.9 Å². The van der Waals surface area contributed by atoms with Gasteiger partial charge in [-0.2, -0.15) is 0 Å². The molecular formula is C25H22BrClN2O3S. The highest BCUT2D eigenvalue weighted by Gasteiger charge is 2.31. The van der Waals surface area contributed by atoms with Gasteiger partial charge in [-0.1, -0.05) is 23.7 Å². The minimum atomic E-state index is -0.123. The van der Waals surface area contributed by atoms with E-state index in [1.165, 1.54) is 11.8 Å². The van der Waals surface area contributed by atoms with Gasteiger partial charge in [-0.3, -0.25) is 9.69 Å². The van der Waals surface area contributed by atoms with Crippen LogP contribution in [0.2, 0.25) is 5.02 Å². The Morgan fingerprint density at radius 2 is 1.85 bits per heavy atom. The van der Waals surface area contributed by atoms with E-state index in [1.807, 2.05) is 62.4 Å². The predicted molar refractivity (Wildman–Crippen MR) is 141 cm³/mol. The summed E-state index contributed by atoms with van der Waals surface area (Å²) in [6.45, 7) is 4.99. The van der Waals surface area contributed by atoms with Crippen molar-refractivity contribution in [3.63, 3.8) is 0 Å². The summed E-state index contributed by atoms with van der Waals surface area (Å²) in [6.07, 6.45) is 1.88. The minimum Gasteiger partial charge on any atom is -0.494 e. The molecule has 0 radical (unpaired) electrons. The number of thioether (sulfide) groups is 1. The second-order valence-electron chi connectivity index (χ2n) is 7.19. The highest BCUT2D eigenvalue weighted by atomic mass is 79.9. The number of hydrogen-bond donors (Lipinski definition) is 0. The molecule has 3 aromatic rings. The fourth-order valence-electron chi connectivity index (χ4n) is 3.44. The maximum absolute atomic E-state index is 13.1.